The standard InChI is InChI=1S/C47H32/c1-31-12-8-18-36(28-31)46-41-20-4-6-22-43(41)47(44-23-7-5-21-42(44)46)37-27-26-33-15-11-25-40(45(33)30-37)35-17-9-16-34(29-35)39-24-10-14-32-13-2-3-19-38(32)39/h2-30H,1H3. The molecule has 0 spiro atoms. The highest BCUT2D eigenvalue weighted by atomic mass is 14.2. The first-order valence-corrected chi connectivity index (χ1v) is 16.4. The van der Waals surface area contributed by atoms with Crippen molar-refractivity contribution < 1.29 is 0 Å². The Morgan fingerprint density at radius 3 is 1.34 bits per heavy atom. The van der Waals surface area contributed by atoms with Crippen molar-refractivity contribution in [2.75, 3.05) is 0 Å². The van der Waals surface area contributed by atoms with Gasteiger partial charge >= 0.3 is 0 Å². The summed E-state index contributed by atoms with van der Waals surface area (Å²) in [5, 5.41) is 10.2. The average Bonchev–Trinajstić information content (AvgIpc) is 3.13. The van der Waals surface area contributed by atoms with Crippen molar-refractivity contribution in [1.29, 1.82) is 0 Å². The Hall–Kier alpha value is -5.98. The molecule has 0 atom stereocenters. The molecule has 0 heterocycles. The lowest BCUT2D eigenvalue weighted by Gasteiger charge is -2.18. The first kappa shape index (κ1) is 27.3. The predicted octanol–water partition coefficient (Wildman–Crippen LogP) is 13.3. The molecule has 0 unspecified atom stereocenters. The minimum atomic E-state index is 1.22. The Kier molecular flexibility index (Phi) is 6.47. The van der Waals surface area contributed by atoms with Gasteiger partial charge in [-0.15, -0.1) is 0 Å². The zero-order chi connectivity index (χ0) is 31.3. The van der Waals surface area contributed by atoms with Gasteiger partial charge in [0.2, 0.25) is 0 Å². The summed E-state index contributed by atoms with van der Waals surface area (Å²) < 4.78 is 0. The minimum absolute atomic E-state index is 1.22. The summed E-state index contributed by atoms with van der Waals surface area (Å²) in [7, 11) is 0. The highest BCUT2D eigenvalue weighted by molar-refractivity contribution is 6.22. The van der Waals surface area contributed by atoms with Crippen LogP contribution in [-0.4, -0.2) is 0 Å². The van der Waals surface area contributed by atoms with Crippen LogP contribution in [0.3, 0.4) is 0 Å². The molecule has 0 fully saturated rings. The molecule has 0 saturated heterocycles. The van der Waals surface area contributed by atoms with E-state index >= 15 is 0 Å². The van der Waals surface area contributed by atoms with Crippen LogP contribution in [0.4, 0.5) is 0 Å². The van der Waals surface area contributed by atoms with E-state index in [9.17, 15) is 0 Å². The van der Waals surface area contributed by atoms with Gasteiger partial charge in [0.25, 0.3) is 0 Å². The molecule has 9 aromatic rings. The lowest BCUT2D eigenvalue weighted by atomic mass is 9.85. The van der Waals surface area contributed by atoms with Crippen LogP contribution >= 0.6 is 0 Å². The van der Waals surface area contributed by atoms with Crippen LogP contribution in [0.1, 0.15) is 5.56 Å². The van der Waals surface area contributed by atoms with E-state index in [1.807, 2.05) is 0 Å². The highest BCUT2D eigenvalue weighted by Crippen LogP contribution is 2.45. The molecule has 0 aliphatic carbocycles. The second-order valence-corrected chi connectivity index (χ2v) is 12.6. The monoisotopic (exact) mass is 596 g/mol. The summed E-state index contributed by atoms with van der Waals surface area (Å²) in [6, 6.07) is 64.7. The molecule has 220 valence electrons. The van der Waals surface area contributed by atoms with Gasteiger partial charge in [0.1, 0.15) is 0 Å². The molecule has 0 aliphatic heterocycles. The summed E-state index contributed by atoms with van der Waals surface area (Å²) in [5.41, 5.74) is 11.3. The van der Waals surface area contributed by atoms with E-state index in [2.05, 4.69) is 183 Å². The van der Waals surface area contributed by atoms with Crippen LogP contribution in [0.25, 0.3) is 87.6 Å². The lowest BCUT2D eigenvalue weighted by Crippen LogP contribution is -1.91. The van der Waals surface area contributed by atoms with E-state index in [1.165, 1.54) is 93.2 Å². The summed E-state index contributed by atoms with van der Waals surface area (Å²) in [4.78, 5) is 0. The molecule has 0 heteroatoms. The molecular weight excluding hydrogens is 565 g/mol. The highest BCUT2D eigenvalue weighted by Gasteiger charge is 2.17. The largest absolute Gasteiger partial charge is 0.0616 e. The third kappa shape index (κ3) is 4.61. The Morgan fingerprint density at radius 2 is 0.723 bits per heavy atom. The van der Waals surface area contributed by atoms with Crippen molar-refractivity contribution in [3.05, 3.63) is 181 Å². The van der Waals surface area contributed by atoms with Gasteiger partial charge in [-0.2, -0.15) is 0 Å². The van der Waals surface area contributed by atoms with Crippen molar-refractivity contribution in [2.24, 2.45) is 0 Å². The smallest absolute Gasteiger partial charge is 0.00261 e. The van der Waals surface area contributed by atoms with Gasteiger partial charge in [0, 0.05) is 0 Å². The molecule has 0 N–H and O–H groups in total. The quantitative estimate of drug-likeness (QED) is 0.177. The van der Waals surface area contributed by atoms with E-state index < -0.39 is 0 Å². The molecule has 0 aliphatic rings. The Labute approximate surface area is 275 Å². The maximum atomic E-state index is 2.41. The Balaban J connectivity index is 1.27. The fourth-order valence-corrected chi connectivity index (χ4v) is 7.56. The Morgan fingerprint density at radius 1 is 0.277 bits per heavy atom. The minimum Gasteiger partial charge on any atom is -0.0616 e. The zero-order valence-electron chi connectivity index (χ0n) is 26.2. The first-order valence-electron chi connectivity index (χ1n) is 16.4. The summed E-state index contributed by atoms with van der Waals surface area (Å²) in [5.74, 6) is 0. The third-order valence-corrected chi connectivity index (χ3v) is 9.68. The number of hydrogen-bond acceptors (Lipinski definition) is 0. The fraction of sp³-hybridized carbons (Fsp3) is 0.0213. The SMILES string of the molecule is Cc1cccc(-c2c3ccccc3c(-c3ccc4cccc(-c5cccc(-c6cccc7ccccc67)c5)c4c3)c3ccccc23)c1. The number of benzene rings is 9. The van der Waals surface area contributed by atoms with Gasteiger partial charge < -0.3 is 0 Å². The molecule has 9 aromatic carbocycles. The summed E-state index contributed by atoms with van der Waals surface area (Å²) >= 11 is 0. The van der Waals surface area contributed by atoms with Gasteiger partial charge in [-0.05, 0) is 107 Å². The number of aryl methyl sites for hydroxylation is 1. The molecule has 0 saturated carbocycles. The molecule has 0 aromatic heterocycles. The zero-order valence-corrected chi connectivity index (χ0v) is 26.2. The molecule has 0 radical (unpaired) electrons. The van der Waals surface area contributed by atoms with Gasteiger partial charge in [0.15, 0.2) is 0 Å². The average molecular weight is 597 g/mol. The first-order chi connectivity index (χ1) is 23.2. The van der Waals surface area contributed by atoms with Gasteiger partial charge in [-0.3, -0.25) is 0 Å². The van der Waals surface area contributed by atoms with Crippen LogP contribution in [-0.2, 0) is 0 Å². The molecule has 47 heavy (non-hydrogen) atoms. The summed E-state index contributed by atoms with van der Waals surface area (Å²) in [6.45, 7) is 2.17. The number of rotatable bonds is 4. The number of hydrogen-bond donors (Lipinski definition) is 0. The molecule has 0 nitrogen and oxygen atoms in total. The van der Waals surface area contributed by atoms with Gasteiger partial charge in [0.05, 0.1) is 0 Å². The van der Waals surface area contributed by atoms with Gasteiger partial charge in [-0.25, -0.2) is 0 Å². The van der Waals surface area contributed by atoms with Crippen molar-refractivity contribution >= 4 is 43.1 Å². The molecular formula is C47H32. The van der Waals surface area contributed by atoms with E-state index in [4.69, 9.17) is 0 Å². The van der Waals surface area contributed by atoms with Crippen LogP contribution in [0.15, 0.2) is 176 Å². The van der Waals surface area contributed by atoms with E-state index in [0.29, 0.717) is 0 Å². The van der Waals surface area contributed by atoms with Crippen LogP contribution < -0.4 is 0 Å². The second-order valence-electron chi connectivity index (χ2n) is 12.6. The lowest BCUT2D eigenvalue weighted by molar-refractivity contribution is 1.47. The maximum Gasteiger partial charge on any atom is -0.00261 e. The van der Waals surface area contributed by atoms with Gasteiger partial charge in [-0.1, -0.05) is 169 Å². The van der Waals surface area contributed by atoms with Crippen molar-refractivity contribution in [1.82, 2.24) is 0 Å². The van der Waals surface area contributed by atoms with Crippen LogP contribution in [0.5, 0.6) is 0 Å². The topological polar surface area (TPSA) is 0 Å². The van der Waals surface area contributed by atoms with E-state index in [-0.39, 0.29) is 0 Å². The van der Waals surface area contributed by atoms with Crippen LogP contribution in [0.2, 0.25) is 0 Å². The number of fused-ring (bicyclic) bond motifs is 4. The predicted molar refractivity (Wildman–Crippen MR) is 203 cm³/mol. The fourth-order valence-electron chi connectivity index (χ4n) is 7.56. The molecule has 0 bridgehead atoms. The normalized spacial score (nSPS) is 11.5. The van der Waals surface area contributed by atoms with Crippen molar-refractivity contribution in [3.8, 4) is 44.5 Å². The maximum absolute atomic E-state index is 2.41. The molecule has 0 amide bonds. The summed E-state index contributed by atoms with van der Waals surface area (Å²) in [6.07, 6.45) is 0. The van der Waals surface area contributed by atoms with Crippen molar-refractivity contribution in [2.45, 2.75) is 6.92 Å². The van der Waals surface area contributed by atoms with E-state index in [1.54, 1.807) is 0 Å². The third-order valence-electron chi connectivity index (χ3n) is 9.68. The van der Waals surface area contributed by atoms with Crippen LogP contribution in [0, 0.1) is 6.92 Å². The van der Waals surface area contributed by atoms with Crippen molar-refractivity contribution in [3.63, 3.8) is 0 Å². The second kappa shape index (κ2) is 11.1. The Bertz CT molecular complexity index is 2580. The van der Waals surface area contributed by atoms with E-state index in [0.717, 1.165) is 0 Å². The molecule has 9 rings (SSSR count).